The number of benzene rings is 1. The fraction of sp³-hybridized carbons (Fsp3) is 0.500. The highest BCUT2D eigenvalue weighted by Crippen LogP contribution is 2.39. The molecule has 6 nitrogen and oxygen atoms in total. The zero-order valence-corrected chi connectivity index (χ0v) is 14.1. The van der Waals surface area contributed by atoms with Gasteiger partial charge in [0, 0.05) is 44.8 Å². The number of nitrogens with zero attached hydrogens (tertiary/aromatic N) is 3. The number of para-hydroxylation sites is 1. The molecule has 2 aromatic rings. The van der Waals surface area contributed by atoms with Gasteiger partial charge in [-0.2, -0.15) is 5.10 Å². The van der Waals surface area contributed by atoms with Gasteiger partial charge in [-0.05, 0) is 25.1 Å². The van der Waals surface area contributed by atoms with Crippen LogP contribution in [-0.4, -0.2) is 61.0 Å². The van der Waals surface area contributed by atoms with Crippen molar-refractivity contribution in [2.24, 2.45) is 0 Å². The van der Waals surface area contributed by atoms with Crippen LogP contribution in [0.25, 0.3) is 0 Å². The fourth-order valence-electron chi connectivity index (χ4n) is 3.39. The van der Waals surface area contributed by atoms with Crippen LogP contribution >= 0.6 is 0 Å². The van der Waals surface area contributed by atoms with E-state index in [1.807, 2.05) is 13.0 Å². The summed E-state index contributed by atoms with van der Waals surface area (Å²) >= 11 is 0. The van der Waals surface area contributed by atoms with Crippen molar-refractivity contribution >= 4 is 5.69 Å². The molecule has 2 aliphatic heterocycles. The normalized spacial score (nSPS) is 18.0. The van der Waals surface area contributed by atoms with E-state index in [0.717, 1.165) is 67.7 Å². The third-order valence-electron chi connectivity index (χ3n) is 4.70. The lowest BCUT2D eigenvalue weighted by Crippen LogP contribution is -2.47. The molecule has 0 amide bonds. The first-order chi connectivity index (χ1) is 11.8. The third-order valence-corrected chi connectivity index (χ3v) is 4.70. The molecule has 4 rings (SSSR count). The quantitative estimate of drug-likeness (QED) is 0.928. The van der Waals surface area contributed by atoms with Crippen LogP contribution in [0.5, 0.6) is 11.5 Å². The zero-order valence-electron chi connectivity index (χ0n) is 14.1. The monoisotopic (exact) mass is 328 g/mol. The Morgan fingerprint density at radius 3 is 2.75 bits per heavy atom. The van der Waals surface area contributed by atoms with Crippen molar-refractivity contribution in [2.75, 3.05) is 50.8 Å². The summed E-state index contributed by atoms with van der Waals surface area (Å²) in [5.41, 5.74) is 3.44. The van der Waals surface area contributed by atoms with Gasteiger partial charge in [0.25, 0.3) is 0 Å². The number of ether oxygens (including phenoxy) is 2. The van der Waals surface area contributed by atoms with E-state index in [9.17, 15) is 0 Å². The molecule has 0 unspecified atom stereocenters. The van der Waals surface area contributed by atoms with E-state index in [4.69, 9.17) is 9.47 Å². The van der Waals surface area contributed by atoms with Gasteiger partial charge < -0.3 is 14.4 Å². The van der Waals surface area contributed by atoms with Crippen molar-refractivity contribution in [1.82, 2.24) is 15.1 Å². The Kier molecular flexibility index (Phi) is 4.30. The standard InChI is InChI=1S/C18H24N4O2/c1-14-13-15(20-19-14)5-6-21-7-9-22(10-8-21)16-3-2-4-17-18(16)24-12-11-23-17/h2-4,13H,5-12H2,1H3,(H,19,20). The second-order valence-corrected chi connectivity index (χ2v) is 6.42. The molecule has 2 aliphatic rings. The second-order valence-electron chi connectivity index (χ2n) is 6.42. The maximum Gasteiger partial charge on any atom is 0.184 e. The maximum atomic E-state index is 5.85. The molecule has 128 valence electrons. The summed E-state index contributed by atoms with van der Waals surface area (Å²) < 4.78 is 11.5. The lowest BCUT2D eigenvalue weighted by molar-refractivity contribution is 0.171. The molecule has 1 aromatic heterocycles. The summed E-state index contributed by atoms with van der Waals surface area (Å²) in [5.74, 6) is 1.78. The summed E-state index contributed by atoms with van der Waals surface area (Å²) in [6.45, 7) is 8.52. The Hall–Kier alpha value is -2.21. The predicted molar refractivity (Wildman–Crippen MR) is 93.1 cm³/mol. The van der Waals surface area contributed by atoms with Crippen LogP contribution in [0.1, 0.15) is 11.4 Å². The number of hydrogen-bond acceptors (Lipinski definition) is 5. The third kappa shape index (κ3) is 3.19. The average Bonchev–Trinajstić information content (AvgIpc) is 3.05. The van der Waals surface area contributed by atoms with Crippen molar-refractivity contribution in [1.29, 1.82) is 0 Å². The van der Waals surface area contributed by atoms with Crippen LogP contribution in [0, 0.1) is 6.92 Å². The molecular formula is C18H24N4O2. The van der Waals surface area contributed by atoms with E-state index < -0.39 is 0 Å². The van der Waals surface area contributed by atoms with Crippen molar-refractivity contribution in [3.63, 3.8) is 0 Å². The van der Waals surface area contributed by atoms with Gasteiger partial charge in [0.1, 0.15) is 13.2 Å². The lowest BCUT2D eigenvalue weighted by atomic mass is 10.2. The van der Waals surface area contributed by atoms with Gasteiger partial charge in [0.15, 0.2) is 11.5 Å². The molecule has 1 fully saturated rings. The van der Waals surface area contributed by atoms with E-state index in [1.54, 1.807) is 0 Å². The van der Waals surface area contributed by atoms with Gasteiger partial charge >= 0.3 is 0 Å². The number of piperazine rings is 1. The molecule has 0 saturated carbocycles. The van der Waals surface area contributed by atoms with Crippen LogP contribution < -0.4 is 14.4 Å². The number of hydrogen-bond donors (Lipinski definition) is 1. The Balaban J connectivity index is 1.35. The van der Waals surface area contributed by atoms with Crippen molar-refractivity contribution < 1.29 is 9.47 Å². The summed E-state index contributed by atoms with van der Waals surface area (Å²) in [7, 11) is 0. The number of aryl methyl sites for hydroxylation is 1. The Labute approximate surface area is 142 Å². The largest absolute Gasteiger partial charge is 0.486 e. The number of anilines is 1. The summed E-state index contributed by atoms with van der Waals surface area (Å²) in [4.78, 5) is 4.91. The van der Waals surface area contributed by atoms with Crippen LogP contribution in [0.4, 0.5) is 5.69 Å². The van der Waals surface area contributed by atoms with Crippen LogP contribution in [-0.2, 0) is 6.42 Å². The first-order valence-corrected chi connectivity index (χ1v) is 8.66. The second kappa shape index (κ2) is 6.73. The highest BCUT2D eigenvalue weighted by Gasteiger charge is 2.23. The van der Waals surface area contributed by atoms with E-state index in [1.165, 1.54) is 0 Å². The molecule has 1 N–H and O–H groups in total. The first kappa shape index (κ1) is 15.3. The van der Waals surface area contributed by atoms with Crippen molar-refractivity contribution in [3.05, 3.63) is 35.7 Å². The van der Waals surface area contributed by atoms with Crippen LogP contribution in [0.15, 0.2) is 24.3 Å². The van der Waals surface area contributed by atoms with Crippen LogP contribution in [0.2, 0.25) is 0 Å². The van der Waals surface area contributed by atoms with E-state index >= 15 is 0 Å². The van der Waals surface area contributed by atoms with E-state index in [-0.39, 0.29) is 0 Å². The molecular weight excluding hydrogens is 304 g/mol. The highest BCUT2D eigenvalue weighted by molar-refractivity contribution is 5.65. The molecule has 0 atom stereocenters. The first-order valence-electron chi connectivity index (χ1n) is 8.66. The number of nitrogens with one attached hydrogen (secondary N) is 1. The zero-order chi connectivity index (χ0) is 16.4. The molecule has 0 aliphatic carbocycles. The predicted octanol–water partition coefficient (Wildman–Crippen LogP) is 1.85. The fourth-order valence-corrected chi connectivity index (χ4v) is 3.39. The Morgan fingerprint density at radius 2 is 1.96 bits per heavy atom. The van der Waals surface area contributed by atoms with Gasteiger partial charge in [-0.3, -0.25) is 10.00 Å². The van der Waals surface area contributed by atoms with Crippen molar-refractivity contribution in [3.8, 4) is 11.5 Å². The van der Waals surface area contributed by atoms with Crippen molar-refractivity contribution in [2.45, 2.75) is 13.3 Å². The summed E-state index contributed by atoms with van der Waals surface area (Å²) in [5, 5.41) is 7.33. The van der Waals surface area contributed by atoms with E-state index in [0.29, 0.717) is 13.2 Å². The Bertz CT molecular complexity index is 692. The summed E-state index contributed by atoms with van der Waals surface area (Å²) in [6, 6.07) is 8.30. The SMILES string of the molecule is Cc1cc(CCN2CCN(c3cccc4c3OCCO4)CC2)n[nH]1. The smallest absolute Gasteiger partial charge is 0.184 e. The molecule has 3 heterocycles. The molecule has 1 aromatic carbocycles. The van der Waals surface area contributed by atoms with Crippen LogP contribution in [0.3, 0.4) is 0 Å². The number of rotatable bonds is 4. The highest BCUT2D eigenvalue weighted by atomic mass is 16.6. The van der Waals surface area contributed by atoms with Gasteiger partial charge in [-0.1, -0.05) is 6.07 Å². The lowest BCUT2D eigenvalue weighted by Gasteiger charge is -2.37. The van der Waals surface area contributed by atoms with Gasteiger partial charge in [-0.25, -0.2) is 0 Å². The number of H-pyrrole nitrogens is 1. The number of fused-ring (bicyclic) bond motifs is 1. The molecule has 0 spiro atoms. The van der Waals surface area contributed by atoms with E-state index in [2.05, 4.69) is 38.2 Å². The molecule has 24 heavy (non-hydrogen) atoms. The minimum Gasteiger partial charge on any atom is -0.486 e. The molecule has 0 bridgehead atoms. The van der Waals surface area contributed by atoms with Gasteiger partial charge in [0.05, 0.1) is 11.4 Å². The molecule has 0 radical (unpaired) electrons. The topological polar surface area (TPSA) is 53.6 Å². The Morgan fingerprint density at radius 1 is 1.12 bits per heavy atom. The number of aromatic nitrogens is 2. The minimum atomic E-state index is 0.632. The van der Waals surface area contributed by atoms with Gasteiger partial charge in [0.2, 0.25) is 0 Å². The van der Waals surface area contributed by atoms with Gasteiger partial charge in [-0.15, -0.1) is 0 Å². The molecule has 1 saturated heterocycles. The summed E-state index contributed by atoms with van der Waals surface area (Å²) in [6.07, 6.45) is 1.00. The molecule has 6 heteroatoms. The maximum absolute atomic E-state index is 5.85. The average molecular weight is 328 g/mol. The number of aromatic amines is 1. The minimum absolute atomic E-state index is 0.632.